The highest BCUT2D eigenvalue weighted by Gasteiger charge is 2.33. The second-order valence-electron chi connectivity index (χ2n) is 5.94. The Bertz CT molecular complexity index is 450. The molecule has 0 aromatic carbocycles. The Morgan fingerprint density at radius 3 is 3.00 bits per heavy atom. The second-order valence-corrected chi connectivity index (χ2v) is 5.94. The molecule has 0 spiro atoms. The predicted octanol–water partition coefficient (Wildman–Crippen LogP) is 3.08. The van der Waals surface area contributed by atoms with E-state index in [-0.39, 0.29) is 11.5 Å². The molecular weight excluding hydrogens is 210 g/mol. The van der Waals surface area contributed by atoms with Crippen LogP contribution in [0.15, 0.2) is 12.3 Å². The molecule has 0 saturated heterocycles. The molecule has 92 valence electrons. The van der Waals surface area contributed by atoms with Crippen molar-refractivity contribution in [3.8, 4) is 12.3 Å². The standard InChI is InChI=1S/C15H21NO/c1-5-6-11(2)16-8-7-12-13(16)9-15(3,4)10-14(12)17/h1,7-8,11,14,17H,6,9-10H2,2-4H3. The summed E-state index contributed by atoms with van der Waals surface area (Å²) in [6.45, 7) is 6.55. The van der Waals surface area contributed by atoms with E-state index in [1.807, 2.05) is 6.07 Å². The normalized spacial score (nSPS) is 23.8. The van der Waals surface area contributed by atoms with Crippen LogP contribution in [0.2, 0.25) is 0 Å². The van der Waals surface area contributed by atoms with Gasteiger partial charge in [-0.3, -0.25) is 0 Å². The molecule has 0 aliphatic heterocycles. The number of terminal acetylenes is 1. The summed E-state index contributed by atoms with van der Waals surface area (Å²) in [6, 6.07) is 2.35. The fourth-order valence-corrected chi connectivity index (χ4v) is 2.83. The summed E-state index contributed by atoms with van der Waals surface area (Å²) >= 11 is 0. The first-order valence-corrected chi connectivity index (χ1v) is 6.26. The number of hydrogen-bond acceptors (Lipinski definition) is 1. The first-order valence-electron chi connectivity index (χ1n) is 6.26. The van der Waals surface area contributed by atoms with E-state index in [0.29, 0.717) is 6.04 Å². The lowest BCUT2D eigenvalue weighted by Gasteiger charge is -2.34. The summed E-state index contributed by atoms with van der Waals surface area (Å²) in [6.07, 6.45) is 9.71. The first kappa shape index (κ1) is 12.3. The number of aromatic nitrogens is 1. The van der Waals surface area contributed by atoms with E-state index in [1.165, 1.54) is 5.69 Å². The van der Waals surface area contributed by atoms with E-state index in [0.717, 1.165) is 24.8 Å². The molecule has 2 rings (SSSR count). The molecule has 0 fully saturated rings. The summed E-state index contributed by atoms with van der Waals surface area (Å²) in [5, 5.41) is 10.2. The summed E-state index contributed by atoms with van der Waals surface area (Å²) in [5.41, 5.74) is 2.52. The van der Waals surface area contributed by atoms with Crippen LogP contribution in [-0.4, -0.2) is 9.67 Å². The Kier molecular flexibility index (Phi) is 3.05. The van der Waals surface area contributed by atoms with E-state index in [9.17, 15) is 5.11 Å². The fourth-order valence-electron chi connectivity index (χ4n) is 2.83. The van der Waals surface area contributed by atoms with Gasteiger partial charge in [0, 0.05) is 29.9 Å². The van der Waals surface area contributed by atoms with Crippen LogP contribution in [0.4, 0.5) is 0 Å². The number of nitrogens with zero attached hydrogens (tertiary/aromatic N) is 1. The van der Waals surface area contributed by atoms with E-state index in [1.54, 1.807) is 0 Å². The first-order chi connectivity index (χ1) is 7.94. The van der Waals surface area contributed by atoms with Crippen LogP contribution < -0.4 is 0 Å². The zero-order valence-electron chi connectivity index (χ0n) is 10.9. The van der Waals surface area contributed by atoms with Crippen LogP contribution in [-0.2, 0) is 6.42 Å². The highest BCUT2D eigenvalue weighted by Crippen LogP contribution is 2.41. The van der Waals surface area contributed by atoms with Gasteiger partial charge in [0.2, 0.25) is 0 Å². The van der Waals surface area contributed by atoms with Gasteiger partial charge in [-0.05, 0) is 31.2 Å². The van der Waals surface area contributed by atoms with Crippen molar-refractivity contribution in [3.63, 3.8) is 0 Å². The van der Waals surface area contributed by atoms with Crippen molar-refractivity contribution in [2.24, 2.45) is 5.41 Å². The minimum absolute atomic E-state index is 0.165. The quantitative estimate of drug-likeness (QED) is 0.777. The van der Waals surface area contributed by atoms with Crippen molar-refractivity contribution in [2.45, 2.75) is 52.2 Å². The van der Waals surface area contributed by atoms with Gasteiger partial charge < -0.3 is 9.67 Å². The molecule has 1 aromatic rings. The maximum Gasteiger partial charge on any atom is 0.0812 e. The summed E-state index contributed by atoms with van der Waals surface area (Å²) in [7, 11) is 0. The van der Waals surface area contributed by atoms with Gasteiger partial charge in [0.05, 0.1) is 6.10 Å². The molecular formula is C15H21NO. The molecule has 2 heteroatoms. The van der Waals surface area contributed by atoms with Gasteiger partial charge in [-0.2, -0.15) is 0 Å². The molecule has 17 heavy (non-hydrogen) atoms. The lowest BCUT2D eigenvalue weighted by atomic mass is 9.75. The number of fused-ring (bicyclic) bond motifs is 1. The SMILES string of the molecule is C#CCC(C)n1ccc2c1CC(C)(C)CC2O. The average molecular weight is 231 g/mol. The summed E-state index contributed by atoms with van der Waals surface area (Å²) < 4.78 is 2.24. The van der Waals surface area contributed by atoms with Crippen molar-refractivity contribution in [2.75, 3.05) is 0 Å². The van der Waals surface area contributed by atoms with Gasteiger partial charge in [0.15, 0.2) is 0 Å². The Balaban J connectivity index is 2.38. The van der Waals surface area contributed by atoms with Crippen LogP contribution in [0.5, 0.6) is 0 Å². The van der Waals surface area contributed by atoms with Crippen molar-refractivity contribution in [1.82, 2.24) is 4.57 Å². The number of hydrogen-bond donors (Lipinski definition) is 1. The third kappa shape index (κ3) is 2.25. The van der Waals surface area contributed by atoms with Gasteiger partial charge in [0.25, 0.3) is 0 Å². The Labute approximate surface area is 104 Å². The third-order valence-electron chi connectivity index (χ3n) is 3.70. The Morgan fingerprint density at radius 1 is 1.65 bits per heavy atom. The topological polar surface area (TPSA) is 25.2 Å². The lowest BCUT2D eigenvalue weighted by molar-refractivity contribution is 0.0976. The minimum atomic E-state index is -0.326. The lowest BCUT2D eigenvalue weighted by Crippen LogP contribution is -2.27. The molecule has 2 atom stereocenters. The van der Waals surface area contributed by atoms with Crippen LogP contribution in [0, 0.1) is 17.8 Å². The van der Waals surface area contributed by atoms with Crippen molar-refractivity contribution in [3.05, 3.63) is 23.5 Å². The van der Waals surface area contributed by atoms with E-state index in [2.05, 4.69) is 37.5 Å². The molecule has 2 unspecified atom stereocenters. The molecule has 1 N–H and O–H groups in total. The third-order valence-corrected chi connectivity index (χ3v) is 3.70. The van der Waals surface area contributed by atoms with Crippen LogP contribution in [0.1, 0.15) is 57.0 Å². The predicted molar refractivity (Wildman–Crippen MR) is 69.7 cm³/mol. The van der Waals surface area contributed by atoms with E-state index >= 15 is 0 Å². The number of aliphatic hydroxyl groups excluding tert-OH is 1. The smallest absolute Gasteiger partial charge is 0.0812 e. The molecule has 0 radical (unpaired) electrons. The Morgan fingerprint density at radius 2 is 2.35 bits per heavy atom. The highest BCUT2D eigenvalue weighted by atomic mass is 16.3. The van der Waals surface area contributed by atoms with Crippen molar-refractivity contribution < 1.29 is 5.11 Å². The summed E-state index contributed by atoms with van der Waals surface area (Å²) in [4.78, 5) is 0. The zero-order chi connectivity index (χ0) is 12.6. The molecule has 0 saturated carbocycles. The van der Waals surface area contributed by atoms with Crippen molar-refractivity contribution in [1.29, 1.82) is 0 Å². The molecule has 0 amide bonds. The number of rotatable bonds is 2. The van der Waals surface area contributed by atoms with Gasteiger partial charge in [-0.1, -0.05) is 13.8 Å². The molecule has 1 aromatic heterocycles. The Hall–Kier alpha value is -1.20. The van der Waals surface area contributed by atoms with E-state index < -0.39 is 0 Å². The van der Waals surface area contributed by atoms with Crippen LogP contribution in [0.3, 0.4) is 0 Å². The van der Waals surface area contributed by atoms with Gasteiger partial charge in [-0.25, -0.2) is 0 Å². The zero-order valence-corrected chi connectivity index (χ0v) is 10.9. The molecule has 0 bridgehead atoms. The number of aliphatic hydroxyl groups is 1. The maximum atomic E-state index is 10.2. The van der Waals surface area contributed by atoms with Crippen molar-refractivity contribution >= 4 is 0 Å². The highest BCUT2D eigenvalue weighted by molar-refractivity contribution is 5.29. The maximum absolute atomic E-state index is 10.2. The largest absolute Gasteiger partial charge is 0.388 e. The summed E-state index contributed by atoms with van der Waals surface area (Å²) in [5.74, 6) is 2.71. The van der Waals surface area contributed by atoms with Crippen LogP contribution in [0.25, 0.3) is 0 Å². The monoisotopic (exact) mass is 231 g/mol. The van der Waals surface area contributed by atoms with Gasteiger partial charge >= 0.3 is 0 Å². The van der Waals surface area contributed by atoms with Gasteiger partial charge in [-0.15, -0.1) is 12.3 Å². The molecule has 1 heterocycles. The van der Waals surface area contributed by atoms with Crippen LogP contribution >= 0.6 is 0 Å². The van der Waals surface area contributed by atoms with E-state index in [4.69, 9.17) is 6.42 Å². The fraction of sp³-hybridized carbons (Fsp3) is 0.600. The second kappa shape index (κ2) is 4.23. The molecule has 1 aliphatic carbocycles. The molecule has 1 aliphatic rings. The minimum Gasteiger partial charge on any atom is -0.388 e. The average Bonchev–Trinajstić information content (AvgIpc) is 2.59. The molecule has 2 nitrogen and oxygen atoms in total. The van der Waals surface area contributed by atoms with Gasteiger partial charge in [0.1, 0.15) is 0 Å².